The van der Waals surface area contributed by atoms with Crippen LogP contribution in [0.2, 0.25) is 0 Å². The number of hydrogen-bond donors (Lipinski definition) is 2. The number of carbonyl (C=O) groups is 1. The summed E-state index contributed by atoms with van der Waals surface area (Å²) >= 11 is 0. The average molecular weight is 431 g/mol. The number of fused-ring (bicyclic) bond motifs is 2. The third-order valence-electron chi connectivity index (χ3n) is 6.17. The van der Waals surface area contributed by atoms with Crippen LogP contribution in [0.3, 0.4) is 0 Å². The second-order valence-corrected chi connectivity index (χ2v) is 8.81. The number of aliphatic imine (C=N–C) groups is 1. The summed E-state index contributed by atoms with van der Waals surface area (Å²) in [5.41, 5.74) is 1.18. The van der Waals surface area contributed by atoms with E-state index in [1.165, 1.54) is 31.2 Å². The van der Waals surface area contributed by atoms with Gasteiger partial charge in [-0.1, -0.05) is 36.8 Å². The van der Waals surface area contributed by atoms with Gasteiger partial charge in [-0.3, -0.25) is 4.79 Å². The van der Waals surface area contributed by atoms with Crippen LogP contribution in [0.15, 0.2) is 35.3 Å². The Morgan fingerprint density at radius 1 is 1.10 bits per heavy atom. The number of carbonyl (C=O) groups excluding carboxylic acids is 1. The van der Waals surface area contributed by atoms with Crippen LogP contribution in [-0.4, -0.2) is 69.8 Å². The zero-order valence-corrected chi connectivity index (χ0v) is 19.0. The first kappa shape index (κ1) is 23.5. The summed E-state index contributed by atoms with van der Waals surface area (Å²) in [6.45, 7) is 3.39. The fraction of sp³-hybridized carbons (Fsp3) is 0.667. The van der Waals surface area contributed by atoms with E-state index in [-0.39, 0.29) is 12.5 Å². The maximum Gasteiger partial charge on any atom is 0.243 e. The van der Waals surface area contributed by atoms with Gasteiger partial charge in [0.05, 0.1) is 19.8 Å². The molecule has 0 heterocycles. The minimum atomic E-state index is 0.00730. The molecule has 3 atom stereocenters. The van der Waals surface area contributed by atoms with Crippen molar-refractivity contribution in [3.63, 3.8) is 0 Å². The Hall–Kier alpha value is -2.12. The van der Waals surface area contributed by atoms with Gasteiger partial charge in [0.15, 0.2) is 5.96 Å². The summed E-state index contributed by atoms with van der Waals surface area (Å²) in [6.07, 6.45) is 6.11. The molecule has 2 saturated carbocycles. The number of benzene rings is 1. The van der Waals surface area contributed by atoms with E-state index in [4.69, 9.17) is 9.47 Å². The Morgan fingerprint density at radius 2 is 1.90 bits per heavy atom. The molecule has 0 spiro atoms. The predicted molar refractivity (Wildman–Crippen MR) is 123 cm³/mol. The molecule has 2 N–H and O–H groups in total. The molecule has 0 aliphatic heterocycles. The Balaban J connectivity index is 1.29. The fourth-order valence-electron chi connectivity index (χ4n) is 4.40. The van der Waals surface area contributed by atoms with Crippen molar-refractivity contribution in [2.75, 3.05) is 47.0 Å². The third-order valence-corrected chi connectivity index (χ3v) is 6.17. The van der Waals surface area contributed by atoms with E-state index in [0.717, 1.165) is 30.8 Å². The highest BCUT2D eigenvalue weighted by molar-refractivity contribution is 5.85. The first-order chi connectivity index (χ1) is 15.1. The molecule has 0 radical (unpaired) electrons. The van der Waals surface area contributed by atoms with E-state index in [1.54, 1.807) is 19.0 Å². The van der Waals surface area contributed by atoms with Gasteiger partial charge < -0.3 is 25.0 Å². The van der Waals surface area contributed by atoms with Crippen LogP contribution < -0.4 is 10.6 Å². The molecule has 2 aliphatic rings. The van der Waals surface area contributed by atoms with Crippen molar-refractivity contribution in [2.24, 2.45) is 16.8 Å². The minimum absolute atomic E-state index is 0.00730. The Bertz CT molecular complexity index is 695. The number of likely N-dealkylation sites (N-methyl/N-ethyl adjacent to an activating group) is 1. The summed E-state index contributed by atoms with van der Waals surface area (Å²) < 4.78 is 11.3. The molecule has 3 unspecified atom stereocenters. The Kier molecular flexibility index (Phi) is 9.62. The summed E-state index contributed by atoms with van der Waals surface area (Å²) in [6, 6.07) is 10.6. The van der Waals surface area contributed by atoms with Crippen LogP contribution in [0.25, 0.3) is 0 Å². The molecule has 172 valence electrons. The predicted octanol–water partition coefficient (Wildman–Crippen LogP) is 2.42. The first-order valence-electron chi connectivity index (χ1n) is 11.6. The number of ether oxygens (including phenoxy) is 2. The zero-order valence-electron chi connectivity index (χ0n) is 19.0. The van der Waals surface area contributed by atoms with Gasteiger partial charge in [0.1, 0.15) is 6.54 Å². The Labute approximate surface area is 186 Å². The molecule has 31 heavy (non-hydrogen) atoms. The zero-order chi connectivity index (χ0) is 21.9. The largest absolute Gasteiger partial charge is 0.379 e. The lowest BCUT2D eigenvalue weighted by atomic mass is 9.95. The molecule has 2 aliphatic carbocycles. The smallest absolute Gasteiger partial charge is 0.243 e. The number of amides is 1. The second kappa shape index (κ2) is 12.7. The van der Waals surface area contributed by atoms with E-state index in [0.29, 0.717) is 32.5 Å². The molecule has 1 aromatic rings. The molecule has 0 saturated heterocycles. The average Bonchev–Trinajstić information content (AvgIpc) is 3.39. The molecule has 2 fully saturated rings. The maximum atomic E-state index is 11.9. The van der Waals surface area contributed by atoms with Gasteiger partial charge in [-0.2, -0.15) is 0 Å². The number of hydrogen-bond acceptors (Lipinski definition) is 4. The molecule has 3 rings (SSSR count). The van der Waals surface area contributed by atoms with Gasteiger partial charge in [-0.15, -0.1) is 0 Å². The monoisotopic (exact) mass is 430 g/mol. The summed E-state index contributed by atoms with van der Waals surface area (Å²) in [5, 5.41) is 6.96. The lowest BCUT2D eigenvalue weighted by Crippen LogP contribution is -2.46. The molecular formula is C24H38N4O3. The van der Waals surface area contributed by atoms with Crippen molar-refractivity contribution in [3.05, 3.63) is 35.9 Å². The molecule has 7 heteroatoms. The molecule has 2 bridgehead atoms. The van der Waals surface area contributed by atoms with Gasteiger partial charge >= 0.3 is 0 Å². The molecule has 0 aromatic heterocycles. The van der Waals surface area contributed by atoms with Crippen LogP contribution in [0.1, 0.15) is 37.7 Å². The van der Waals surface area contributed by atoms with Crippen LogP contribution in [0.4, 0.5) is 0 Å². The van der Waals surface area contributed by atoms with Gasteiger partial charge in [0, 0.05) is 33.3 Å². The standard InChI is InChI=1S/C24H38N4O3/c1-28(2)23(29)17-26-24(27-22-16-20-9-10-21(22)15-20)25-11-6-12-30-13-14-31-18-19-7-4-3-5-8-19/h3-5,7-8,20-22H,6,9-18H2,1-2H3,(H2,25,26,27). The summed E-state index contributed by atoms with van der Waals surface area (Å²) in [5.74, 6) is 2.37. The second-order valence-electron chi connectivity index (χ2n) is 8.81. The normalized spacial score (nSPS) is 22.5. The van der Waals surface area contributed by atoms with E-state index in [2.05, 4.69) is 27.8 Å². The van der Waals surface area contributed by atoms with Crippen molar-refractivity contribution in [2.45, 2.75) is 44.8 Å². The summed E-state index contributed by atoms with van der Waals surface area (Å²) in [4.78, 5) is 18.0. The lowest BCUT2D eigenvalue weighted by Gasteiger charge is -2.25. The lowest BCUT2D eigenvalue weighted by molar-refractivity contribution is -0.127. The topological polar surface area (TPSA) is 75.2 Å². The van der Waals surface area contributed by atoms with E-state index in [9.17, 15) is 4.79 Å². The maximum absolute atomic E-state index is 11.9. The molecule has 1 aromatic carbocycles. The Morgan fingerprint density at radius 3 is 2.61 bits per heavy atom. The first-order valence-corrected chi connectivity index (χ1v) is 11.6. The number of rotatable bonds is 12. The molecular weight excluding hydrogens is 392 g/mol. The highest BCUT2D eigenvalue weighted by atomic mass is 16.5. The van der Waals surface area contributed by atoms with Crippen LogP contribution >= 0.6 is 0 Å². The quantitative estimate of drug-likeness (QED) is 0.303. The van der Waals surface area contributed by atoms with Crippen LogP contribution in [0, 0.1) is 11.8 Å². The van der Waals surface area contributed by atoms with E-state index in [1.807, 2.05) is 18.2 Å². The summed E-state index contributed by atoms with van der Waals surface area (Å²) in [7, 11) is 3.52. The van der Waals surface area contributed by atoms with Crippen molar-refractivity contribution in [3.8, 4) is 0 Å². The van der Waals surface area contributed by atoms with Crippen molar-refractivity contribution < 1.29 is 14.3 Å². The van der Waals surface area contributed by atoms with E-state index >= 15 is 0 Å². The van der Waals surface area contributed by atoms with Crippen LogP contribution in [0.5, 0.6) is 0 Å². The highest BCUT2D eigenvalue weighted by Gasteiger charge is 2.39. The third kappa shape index (κ3) is 8.15. The fourth-order valence-corrected chi connectivity index (χ4v) is 4.40. The van der Waals surface area contributed by atoms with E-state index < -0.39 is 0 Å². The van der Waals surface area contributed by atoms with Crippen molar-refractivity contribution in [1.82, 2.24) is 15.5 Å². The van der Waals surface area contributed by atoms with Crippen LogP contribution in [-0.2, 0) is 20.9 Å². The minimum Gasteiger partial charge on any atom is -0.379 e. The van der Waals surface area contributed by atoms with Gasteiger partial charge in [0.2, 0.25) is 5.91 Å². The highest BCUT2D eigenvalue weighted by Crippen LogP contribution is 2.44. The van der Waals surface area contributed by atoms with Crippen molar-refractivity contribution in [1.29, 1.82) is 0 Å². The van der Waals surface area contributed by atoms with Gasteiger partial charge in [0.25, 0.3) is 0 Å². The number of guanidine groups is 1. The molecule has 7 nitrogen and oxygen atoms in total. The van der Waals surface area contributed by atoms with Gasteiger partial charge in [-0.05, 0) is 43.1 Å². The number of nitrogens with one attached hydrogen (secondary N) is 2. The van der Waals surface area contributed by atoms with Crippen molar-refractivity contribution >= 4 is 11.9 Å². The van der Waals surface area contributed by atoms with Gasteiger partial charge in [-0.25, -0.2) is 4.99 Å². The SMILES string of the molecule is CN(C)C(=O)CN=C(NCCCOCCOCc1ccccc1)NC1CC2CCC1C2. The molecule has 1 amide bonds. The number of nitrogens with zero attached hydrogens (tertiary/aromatic N) is 2.